The van der Waals surface area contributed by atoms with E-state index in [-0.39, 0.29) is 0 Å². The number of rotatable bonds is 9. The molecule has 0 saturated carbocycles. The summed E-state index contributed by atoms with van der Waals surface area (Å²) in [7, 11) is 6.36. The Morgan fingerprint density at radius 3 is 1.56 bits per heavy atom. The third-order valence-electron chi connectivity index (χ3n) is 6.11. The van der Waals surface area contributed by atoms with Gasteiger partial charge in [-0.2, -0.15) is 0 Å². The Kier molecular flexibility index (Phi) is 10.5. The van der Waals surface area contributed by atoms with Gasteiger partial charge in [0.1, 0.15) is 5.75 Å². The molecule has 0 aromatic heterocycles. The highest BCUT2D eigenvalue weighted by molar-refractivity contribution is 7.99. The molecule has 7 nitrogen and oxygen atoms in total. The molecule has 1 N–H and O–H groups in total. The van der Waals surface area contributed by atoms with Gasteiger partial charge in [0.25, 0.3) is 0 Å². The number of ether oxygens (including phenoxy) is 5. The van der Waals surface area contributed by atoms with Gasteiger partial charge in [-0.3, -0.25) is 0 Å². The highest BCUT2D eigenvalue weighted by Gasteiger charge is 2.08. The number of aliphatic carboxylic acids is 1. The smallest absolute Gasteiger partial charge is 0.341 e. The average Bonchev–Trinajstić information content (AvgIpc) is 3.01. The van der Waals surface area contributed by atoms with Crippen LogP contribution in [0.4, 0.5) is 0 Å². The number of hydrogen-bond acceptors (Lipinski definition) is 7. The molecule has 4 aromatic carbocycles. The van der Waals surface area contributed by atoms with Gasteiger partial charge in [-0.05, 0) is 85.3 Å². The van der Waals surface area contributed by atoms with Gasteiger partial charge in [-0.25, -0.2) is 4.79 Å². The van der Waals surface area contributed by atoms with E-state index in [4.69, 9.17) is 28.8 Å². The first-order valence-corrected chi connectivity index (χ1v) is 13.9. The van der Waals surface area contributed by atoms with Crippen LogP contribution in [0.15, 0.2) is 82.6 Å². The van der Waals surface area contributed by atoms with E-state index in [1.54, 1.807) is 46.3 Å². The van der Waals surface area contributed by atoms with Crippen LogP contribution in [-0.2, 0) is 4.79 Å². The SMILES string of the molecule is COc1ccc(C#Cc2cc(C#Cc3ccc(OC)c(OC)c3)cc(Sc3ccc(OCC(=O)O)c(C)c3)c2)cc1OC. The fourth-order valence-corrected chi connectivity index (χ4v) is 5.06. The van der Waals surface area contributed by atoms with E-state index in [2.05, 4.69) is 23.7 Å². The van der Waals surface area contributed by atoms with E-state index >= 15 is 0 Å². The van der Waals surface area contributed by atoms with Crippen molar-refractivity contribution in [2.75, 3.05) is 35.0 Å². The van der Waals surface area contributed by atoms with E-state index in [0.717, 1.165) is 37.6 Å². The summed E-state index contributed by atoms with van der Waals surface area (Å²) in [6, 6.07) is 22.6. The van der Waals surface area contributed by atoms with Gasteiger partial charge < -0.3 is 28.8 Å². The molecule has 0 aliphatic carbocycles. The summed E-state index contributed by atoms with van der Waals surface area (Å²) >= 11 is 1.55. The Balaban J connectivity index is 1.69. The maximum Gasteiger partial charge on any atom is 0.341 e. The normalized spacial score (nSPS) is 9.98. The van der Waals surface area contributed by atoms with E-state index in [0.29, 0.717) is 28.7 Å². The molecule has 0 atom stereocenters. The predicted octanol–water partition coefficient (Wildman–Crippen LogP) is 6.44. The number of benzene rings is 4. The van der Waals surface area contributed by atoms with E-state index in [1.807, 2.05) is 73.7 Å². The third kappa shape index (κ3) is 8.42. The van der Waals surface area contributed by atoms with E-state index in [1.165, 1.54) is 0 Å². The van der Waals surface area contributed by atoms with Crippen LogP contribution in [0.1, 0.15) is 27.8 Å². The Hall–Kier alpha value is -5.18. The lowest BCUT2D eigenvalue weighted by molar-refractivity contribution is -0.139. The first-order valence-electron chi connectivity index (χ1n) is 13.1. The molecule has 8 heteroatoms. The van der Waals surface area contributed by atoms with Gasteiger partial charge in [-0.1, -0.05) is 35.4 Å². The lowest BCUT2D eigenvalue weighted by Gasteiger charge is -2.10. The van der Waals surface area contributed by atoms with Crippen molar-refractivity contribution in [3.05, 3.63) is 101 Å². The first kappa shape index (κ1) is 30.8. The molecule has 4 aromatic rings. The molecular formula is C35H30O7S. The second kappa shape index (κ2) is 14.6. The van der Waals surface area contributed by atoms with Crippen molar-refractivity contribution in [2.45, 2.75) is 16.7 Å². The molecule has 0 amide bonds. The van der Waals surface area contributed by atoms with E-state index < -0.39 is 12.6 Å². The number of methoxy groups -OCH3 is 4. The molecule has 218 valence electrons. The molecule has 0 aliphatic rings. The van der Waals surface area contributed by atoms with Gasteiger partial charge >= 0.3 is 5.97 Å². The molecule has 43 heavy (non-hydrogen) atoms. The van der Waals surface area contributed by atoms with Crippen molar-refractivity contribution >= 4 is 17.7 Å². The maximum atomic E-state index is 10.9. The fraction of sp³-hybridized carbons (Fsp3) is 0.171. The van der Waals surface area contributed by atoms with Crippen LogP contribution in [0, 0.1) is 30.6 Å². The van der Waals surface area contributed by atoms with Crippen LogP contribution in [0.3, 0.4) is 0 Å². The summed E-state index contributed by atoms with van der Waals surface area (Å²) in [4.78, 5) is 12.8. The van der Waals surface area contributed by atoms with Gasteiger partial charge in [0.2, 0.25) is 0 Å². The van der Waals surface area contributed by atoms with Crippen LogP contribution in [0.25, 0.3) is 0 Å². The Bertz CT molecular complexity index is 1660. The zero-order valence-electron chi connectivity index (χ0n) is 24.4. The number of hydrogen-bond donors (Lipinski definition) is 1. The largest absolute Gasteiger partial charge is 0.493 e. The minimum Gasteiger partial charge on any atom is -0.493 e. The van der Waals surface area contributed by atoms with Gasteiger partial charge in [-0.15, -0.1) is 0 Å². The standard InChI is InChI=1S/C35H30O7S/c1-23-16-28(12-15-30(23)42-22-35(36)37)43-29-18-26(8-6-24-10-13-31(38-2)33(20-24)40-4)17-27(19-29)9-7-25-11-14-32(39-3)34(21-25)41-5/h10-21H,22H2,1-5H3,(H,36,37). The van der Waals surface area contributed by atoms with E-state index in [9.17, 15) is 4.79 Å². The van der Waals surface area contributed by atoms with Crippen LogP contribution >= 0.6 is 11.8 Å². The molecule has 0 fully saturated rings. The summed E-state index contributed by atoms with van der Waals surface area (Å²) < 4.78 is 26.9. The predicted molar refractivity (Wildman–Crippen MR) is 166 cm³/mol. The zero-order chi connectivity index (χ0) is 30.8. The van der Waals surface area contributed by atoms with Crippen molar-refractivity contribution in [1.29, 1.82) is 0 Å². The minimum absolute atomic E-state index is 0.393. The number of carbonyl (C=O) groups is 1. The lowest BCUT2D eigenvalue weighted by Crippen LogP contribution is -2.09. The number of aryl methyl sites for hydroxylation is 1. The van der Waals surface area contributed by atoms with Crippen molar-refractivity contribution in [3.63, 3.8) is 0 Å². The zero-order valence-corrected chi connectivity index (χ0v) is 25.3. The molecule has 0 spiro atoms. The number of carboxylic acid groups (broad SMARTS) is 1. The lowest BCUT2D eigenvalue weighted by atomic mass is 10.1. The van der Waals surface area contributed by atoms with Crippen molar-refractivity contribution in [3.8, 4) is 52.4 Å². The Labute approximate surface area is 255 Å². The number of carboxylic acids is 1. The average molecular weight is 595 g/mol. The summed E-state index contributed by atoms with van der Waals surface area (Å²) in [5.41, 5.74) is 3.97. The summed E-state index contributed by atoms with van der Waals surface area (Å²) in [6.07, 6.45) is 0. The third-order valence-corrected chi connectivity index (χ3v) is 7.07. The fourth-order valence-electron chi connectivity index (χ4n) is 4.04. The molecule has 0 bridgehead atoms. The minimum atomic E-state index is -1.02. The maximum absolute atomic E-state index is 10.9. The molecule has 0 radical (unpaired) electrons. The Morgan fingerprint density at radius 1 is 0.605 bits per heavy atom. The summed E-state index contributed by atoms with van der Waals surface area (Å²) in [5.74, 6) is 14.9. The topological polar surface area (TPSA) is 83.5 Å². The van der Waals surface area contributed by atoms with Crippen molar-refractivity contribution < 1.29 is 33.6 Å². The van der Waals surface area contributed by atoms with Crippen LogP contribution in [-0.4, -0.2) is 46.1 Å². The second-order valence-corrected chi connectivity index (χ2v) is 10.2. The van der Waals surface area contributed by atoms with Gasteiger partial charge in [0.05, 0.1) is 28.4 Å². The molecule has 0 unspecified atom stereocenters. The van der Waals surface area contributed by atoms with Gasteiger partial charge in [0, 0.05) is 32.0 Å². The van der Waals surface area contributed by atoms with Crippen LogP contribution in [0.5, 0.6) is 28.7 Å². The molecule has 0 saturated heterocycles. The quantitative estimate of drug-likeness (QED) is 0.222. The molecule has 0 heterocycles. The molecule has 4 rings (SSSR count). The highest BCUT2D eigenvalue weighted by atomic mass is 32.2. The van der Waals surface area contributed by atoms with Crippen LogP contribution in [0.2, 0.25) is 0 Å². The summed E-state index contributed by atoms with van der Waals surface area (Å²) in [6.45, 7) is 1.49. The van der Waals surface area contributed by atoms with Crippen LogP contribution < -0.4 is 23.7 Å². The monoisotopic (exact) mass is 594 g/mol. The van der Waals surface area contributed by atoms with Crippen molar-refractivity contribution in [1.82, 2.24) is 0 Å². The van der Waals surface area contributed by atoms with Gasteiger partial charge in [0.15, 0.2) is 29.6 Å². The first-order chi connectivity index (χ1) is 20.8. The van der Waals surface area contributed by atoms with Crippen molar-refractivity contribution in [2.24, 2.45) is 0 Å². The molecule has 0 aliphatic heterocycles. The molecular weight excluding hydrogens is 564 g/mol. The Morgan fingerprint density at radius 2 is 1.09 bits per heavy atom. The second-order valence-electron chi connectivity index (χ2n) is 9.10. The summed E-state index contributed by atoms with van der Waals surface area (Å²) in [5, 5.41) is 8.92. The highest BCUT2D eigenvalue weighted by Crippen LogP contribution is 2.33.